The molecule has 0 amide bonds. The molecule has 1 N–H and O–H groups in total. The molecule has 3 nitrogen and oxygen atoms in total. The summed E-state index contributed by atoms with van der Waals surface area (Å²) in [4.78, 5) is 0. The molecule has 0 aliphatic carbocycles. The van der Waals surface area contributed by atoms with Gasteiger partial charge in [0.15, 0.2) is 5.60 Å². The van der Waals surface area contributed by atoms with Gasteiger partial charge in [0, 0.05) is 18.1 Å². The van der Waals surface area contributed by atoms with Gasteiger partial charge in [0.1, 0.15) is 24.8 Å². The molecule has 0 spiro atoms. The first-order valence-electron chi connectivity index (χ1n) is 5.67. The molecule has 1 aromatic rings. The van der Waals surface area contributed by atoms with Crippen molar-refractivity contribution in [3.63, 3.8) is 0 Å². The number of hydrogen-bond acceptors (Lipinski definition) is 3. The minimum Gasteiger partial charge on any atom is -0.481 e. The van der Waals surface area contributed by atoms with Gasteiger partial charge in [-0.1, -0.05) is 0 Å². The van der Waals surface area contributed by atoms with Gasteiger partial charge >= 0.3 is 6.36 Å². The van der Waals surface area contributed by atoms with E-state index in [1.54, 1.807) is 0 Å². The van der Waals surface area contributed by atoms with Gasteiger partial charge < -0.3 is 14.6 Å². The van der Waals surface area contributed by atoms with Crippen LogP contribution in [0.3, 0.4) is 0 Å². The van der Waals surface area contributed by atoms with E-state index in [4.69, 9.17) is 4.74 Å². The highest BCUT2D eigenvalue weighted by Gasteiger charge is 2.42. The van der Waals surface area contributed by atoms with Gasteiger partial charge in [-0.2, -0.15) is 0 Å². The maximum atomic E-state index is 12.9. The average molecular weight is 298 g/mol. The van der Waals surface area contributed by atoms with Crippen molar-refractivity contribution in [1.29, 1.82) is 0 Å². The molecule has 0 saturated heterocycles. The Morgan fingerprint density at radius 2 is 1.95 bits per heavy atom. The Balaban J connectivity index is 2.33. The van der Waals surface area contributed by atoms with Crippen LogP contribution in [0.2, 0.25) is 0 Å². The standard InChI is InChI=1S/C12H11F5O3/c13-5-11(6-14)4-9(18)8-2-1-7(3-10(8)20-11)19-12(15,16)17/h1-3,9,18H,4-6H2. The van der Waals surface area contributed by atoms with Crippen LogP contribution in [-0.2, 0) is 0 Å². The Hall–Kier alpha value is -1.57. The van der Waals surface area contributed by atoms with E-state index in [9.17, 15) is 27.1 Å². The first kappa shape index (κ1) is 14.8. The van der Waals surface area contributed by atoms with Crippen LogP contribution in [0.15, 0.2) is 18.2 Å². The summed E-state index contributed by atoms with van der Waals surface area (Å²) in [5.74, 6) is -0.808. The second-order valence-electron chi connectivity index (χ2n) is 4.52. The van der Waals surface area contributed by atoms with Crippen molar-refractivity contribution in [3.05, 3.63) is 23.8 Å². The Bertz CT molecular complexity index is 484. The lowest BCUT2D eigenvalue weighted by atomic mass is 9.90. The summed E-state index contributed by atoms with van der Waals surface area (Å²) in [5, 5.41) is 9.81. The zero-order valence-electron chi connectivity index (χ0n) is 10.1. The number of fused-ring (bicyclic) bond motifs is 1. The van der Waals surface area contributed by atoms with Gasteiger partial charge in [0.05, 0.1) is 6.10 Å². The van der Waals surface area contributed by atoms with Crippen molar-refractivity contribution in [2.45, 2.75) is 24.5 Å². The molecule has 1 aliphatic heterocycles. The minimum atomic E-state index is -4.89. The fourth-order valence-corrected chi connectivity index (χ4v) is 2.01. The van der Waals surface area contributed by atoms with Crippen molar-refractivity contribution in [1.82, 2.24) is 0 Å². The van der Waals surface area contributed by atoms with E-state index < -0.39 is 37.2 Å². The quantitative estimate of drug-likeness (QED) is 0.872. The van der Waals surface area contributed by atoms with Gasteiger partial charge in [-0.3, -0.25) is 0 Å². The third-order valence-electron chi connectivity index (χ3n) is 2.96. The summed E-state index contributed by atoms with van der Waals surface area (Å²) in [6.07, 6.45) is -6.42. The van der Waals surface area contributed by atoms with Crippen LogP contribution in [0.25, 0.3) is 0 Å². The second-order valence-corrected chi connectivity index (χ2v) is 4.52. The van der Waals surface area contributed by atoms with Crippen LogP contribution < -0.4 is 9.47 Å². The Morgan fingerprint density at radius 3 is 2.50 bits per heavy atom. The summed E-state index contributed by atoms with van der Waals surface area (Å²) < 4.78 is 70.9. The summed E-state index contributed by atoms with van der Waals surface area (Å²) in [6.45, 7) is -2.41. The second kappa shape index (κ2) is 5.08. The zero-order valence-corrected chi connectivity index (χ0v) is 10.1. The summed E-state index contributed by atoms with van der Waals surface area (Å²) in [7, 11) is 0. The lowest BCUT2D eigenvalue weighted by molar-refractivity contribution is -0.274. The molecule has 1 heterocycles. The van der Waals surface area contributed by atoms with E-state index in [2.05, 4.69) is 4.74 Å². The van der Waals surface area contributed by atoms with Gasteiger partial charge in [0.25, 0.3) is 0 Å². The minimum absolute atomic E-state index is 0.164. The van der Waals surface area contributed by atoms with Crippen LogP contribution in [0.5, 0.6) is 11.5 Å². The monoisotopic (exact) mass is 298 g/mol. The number of hydrogen-bond donors (Lipinski definition) is 1. The molecule has 0 bridgehead atoms. The summed E-state index contributed by atoms with van der Waals surface area (Å²) >= 11 is 0. The molecule has 0 saturated carbocycles. The van der Waals surface area contributed by atoms with E-state index in [0.717, 1.165) is 12.1 Å². The van der Waals surface area contributed by atoms with Crippen molar-refractivity contribution < 1.29 is 36.5 Å². The molecule has 1 unspecified atom stereocenters. The summed E-state index contributed by atoms with van der Waals surface area (Å²) in [5.41, 5.74) is -1.71. The molecule has 0 radical (unpaired) electrons. The van der Waals surface area contributed by atoms with Crippen molar-refractivity contribution in [2.75, 3.05) is 13.3 Å². The third-order valence-corrected chi connectivity index (χ3v) is 2.96. The fourth-order valence-electron chi connectivity index (χ4n) is 2.01. The normalized spacial score (nSPS) is 21.0. The van der Waals surface area contributed by atoms with Crippen LogP contribution in [0, 0.1) is 0 Å². The molecular weight excluding hydrogens is 287 g/mol. The fraction of sp³-hybridized carbons (Fsp3) is 0.500. The number of ether oxygens (including phenoxy) is 2. The topological polar surface area (TPSA) is 38.7 Å². The largest absolute Gasteiger partial charge is 0.573 e. The molecule has 112 valence electrons. The Kier molecular flexibility index (Phi) is 3.77. The van der Waals surface area contributed by atoms with Gasteiger partial charge in [-0.25, -0.2) is 8.78 Å². The SMILES string of the molecule is OC1CC(CF)(CF)Oc2cc(OC(F)(F)F)ccc21. The zero-order chi connectivity index (χ0) is 15.0. The molecule has 1 aromatic carbocycles. The van der Waals surface area contributed by atoms with E-state index >= 15 is 0 Å². The highest BCUT2D eigenvalue weighted by Crippen LogP contribution is 2.42. The van der Waals surface area contributed by atoms with E-state index in [1.807, 2.05) is 0 Å². The highest BCUT2D eigenvalue weighted by molar-refractivity contribution is 5.44. The maximum absolute atomic E-state index is 12.9. The number of rotatable bonds is 3. The molecule has 8 heteroatoms. The molecule has 0 aromatic heterocycles. The average Bonchev–Trinajstić information content (AvgIpc) is 2.36. The van der Waals surface area contributed by atoms with Gasteiger partial charge in [-0.05, 0) is 12.1 Å². The molecule has 20 heavy (non-hydrogen) atoms. The van der Waals surface area contributed by atoms with Crippen molar-refractivity contribution in [2.24, 2.45) is 0 Å². The van der Waals surface area contributed by atoms with E-state index in [1.165, 1.54) is 6.07 Å². The predicted molar refractivity (Wildman–Crippen MR) is 58.0 cm³/mol. The van der Waals surface area contributed by atoms with Crippen LogP contribution >= 0.6 is 0 Å². The van der Waals surface area contributed by atoms with Crippen molar-refractivity contribution in [3.8, 4) is 11.5 Å². The summed E-state index contributed by atoms with van der Waals surface area (Å²) in [6, 6.07) is 3.02. The van der Waals surface area contributed by atoms with Gasteiger partial charge in [0.2, 0.25) is 0 Å². The molecule has 2 rings (SSSR count). The Labute approximate surface area is 110 Å². The van der Waals surface area contributed by atoms with E-state index in [0.29, 0.717) is 0 Å². The first-order valence-corrected chi connectivity index (χ1v) is 5.67. The molecule has 1 aliphatic rings. The smallest absolute Gasteiger partial charge is 0.481 e. The number of aliphatic hydroxyl groups excluding tert-OH is 1. The predicted octanol–water partition coefficient (Wildman–Crippen LogP) is 3.08. The number of aliphatic hydroxyl groups is 1. The third kappa shape index (κ3) is 2.95. The van der Waals surface area contributed by atoms with Crippen LogP contribution in [0.4, 0.5) is 22.0 Å². The van der Waals surface area contributed by atoms with Crippen LogP contribution in [0.1, 0.15) is 18.1 Å². The first-order chi connectivity index (χ1) is 9.28. The number of benzene rings is 1. The molecular formula is C12H11F5O3. The maximum Gasteiger partial charge on any atom is 0.573 e. The van der Waals surface area contributed by atoms with E-state index in [-0.39, 0.29) is 17.7 Å². The highest BCUT2D eigenvalue weighted by atomic mass is 19.4. The van der Waals surface area contributed by atoms with Crippen LogP contribution in [-0.4, -0.2) is 30.4 Å². The lowest BCUT2D eigenvalue weighted by Gasteiger charge is -2.37. The van der Waals surface area contributed by atoms with Gasteiger partial charge in [-0.15, -0.1) is 13.2 Å². The van der Waals surface area contributed by atoms with Crippen molar-refractivity contribution >= 4 is 0 Å². The Morgan fingerprint density at radius 1 is 1.30 bits per heavy atom. The number of halogens is 5. The molecule has 1 atom stereocenters. The lowest BCUT2D eigenvalue weighted by Crippen LogP contribution is -2.45. The molecule has 0 fully saturated rings. The number of alkyl halides is 5.